The third-order valence-corrected chi connectivity index (χ3v) is 13.0. The van der Waals surface area contributed by atoms with Crippen LogP contribution in [0.3, 0.4) is 0 Å². The fourth-order valence-electron chi connectivity index (χ4n) is 6.91. The molecule has 0 spiro atoms. The van der Waals surface area contributed by atoms with Crippen LogP contribution in [0.5, 0.6) is 0 Å². The van der Waals surface area contributed by atoms with Gasteiger partial charge in [-0.1, -0.05) is 0 Å². The van der Waals surface area contributed by atoms with E-state index in [1.807, 2.05) is 47.5 Å². The van der Waals surface area contributed by atoms with Gasteiger partial charge in [0.1, 0.15) is 11.6 Å². The first kappa shape index (κ1) is 35.2. The molecule has 0 radical (unpaired) electrons. The minimum atomic E-state index is -0.398. The highest BCUT2D eigenvalue weighted by Crippen LogP contribution is 2.25. The van der Waals surface area contributed by atoms with E-state index in [4.69, 9.17) is 10.2 Å². The van der Waals surface area contributed by atoms with Crippen LogP contribution in [0.25, 0.3) is 0 Å². The Bertz CT molecular complexity index is 1600. The van der Waals surface area contributed by atoms with E-state index in [0.717, 1.165) is 67.5 Å². The highest BCUT2D eigenvalue weighted by Gasteiger charge is 2.39. The van der Waals surface area contributed by atoms with E-state index >= 15 is 4.79 Å². The van der Waals surface area contributed by atoms with Gasteiger partial charge in [-0.25, -0.2) is 8.78 Å². The summed E-state index contributed by atoms with van der Waals surface area (Å²) in [4.78, 5) is 24.3. The maximum absolute atomic E-state index is 15.2. The molecule has 4 aromatic rings. The summed E-state index contributed by atoms with van der Waals surface area (Å²) in [6.07, 6.45) is 0. The van der Waals surface area contributed by atoms with Gasteiger partial charge >= 0.3 is 0 Å². The maximum Gasteiger partial charge on any atom is 0.170 e. The Balaban J connectivity index is 1.29. The van der Waals surface area contributed by atoms with Gasteiger partial charge in [-0.15, -0.1) is 0 Å². The average molecular weight is 883 g/mol. The Morgan fingerprint density at radius 3 is 1.25 bits per heavy atom. The van der Waals surface area contributed by atoms with Gasteiger partial charge in [0.2, 0.25) is 0 Å². The second-order valence-electron chi connectivity index (χ2n) is 12.8. The van der Waals surface area contributed by atoms with E-state index in [1.54, 1.807) is 0 Å². The number of aromatic nitrogens is 4. The van der Waals surface area contributed by atoms with Gasteiger partial charge < -0.3 is 9.80 Å². The van der Waals surface area contributed by atoms with Crippen LogP contribution < -0.4 is 9.80 Å². The number of rotatable bonds is 10. The standard InChI is InChI=1S/C35H42F2I2N8O/c1-23-33(38)25(3)46(40-23)21-31(44-17-13-42(14-18-44)29-9-5-27(36)6-10-29)35(48)32(22-47-26(4)34(39)24(2)41-47)45-19-15-43(16-20-45)30-11-7-28(37)8-12-30/h5-12,31-32H,13-22H2,1-4H3. The Hall–Kier alpha value is -2.63. The van der Waals surface area contributed by atoms with Crippen LogP contribution in [0, 0.1) is 46.5 Å². The zero-order valence-corrected chi connectivity index (χ0v) is 32.2. The number of nitrogens with zero attached hydrogens (tertiary/aromatic N) is 8. The lowest BCUT2D eigenvalue weighted by Gasteiger charge is -2.43. The molecule has 0 saturated carbocycles. The second-order valence-corrected chi connectivity index (χ2v) is 14.9. The molecule has 256 valence electrons. The van der Waals surface area contributed by atoms with Crippen LogP contribution in [0.2, 0.25) is 0 Å². The van der Waals surface area contributed by atoms with Crippen molar-refractivity contribution in [3.05, 3.63) is 90.1 Å². The summed E-state index contributed by atoms with van der Waals surface area (Å²) in [5.41, 5.74) is 6.03. The van der Waals surface area contributed by atoms with Gasteiger partial charge in [-0.05, 0) is 121 Å². The number of benzene rings is 2. The van der Waals surface area contributed by atoms with Crippen LogP contribution in [0.4, 0.5) is 20.2 Å². The summed E-state index contributed by atoms with van der Waals surface area (Å²) in [7, 11) is 0. The lowest BCUT2D eigenvalue weighted by atomic mass is 9.99. The van der Waals surface area contributed by atoms with E-state index in [-0.39, 0.29) is 17.4 Å². The zero-order chi connectivity index (χ0) is 34.1. The minimum absolute atomic E-state index is 0.172. The van der Waals surface area contributed by atoms with Crippen molar-refractivity contribution in [2.24, 2.45) is 0 Å². The van der Waals surface area contributed by atoms with Gasteiger partial charge in [-0.2, -0.15) is 10.2 Å². The third-order valence-electron chi connectivity index (χ3n) is 9.83. The number of carbonyl (C=O) groups is 1. The van der Waals surface area contributed by atoms with Crippen molar-refractivity contribution >= 4 is 62.3 Å². The molecule has 0 N–H and O–H groups in total. The van der Waals surface area contributed by atoms with Crippen molar-refractivity contribution in [2.75, 3.05) is 62.2 Å². The molecular formula is C35H42F2I2N8O. The molecule has 0 amide bonds. The molecule has 2 saturated heterocycles. The zero-order valence-electron chi connectivity index (χ0n) is 27.8. The van der Waals surface area contributed by atoms with Crippen LogP contribution >= 0.6 is 45.2 Å². The summed E-state index contributed by atoms with van der Waals surface area (Å²) >= 11 is 4.68. The molecular weight excluding hydrogens is 840 g/mol. The van der Waals surface area contributed by atoms with E-state index in [1.165, 1.54) is 24.3 Å². The minimum Gasteiger partial charge on any atom is -0.369 e. The predicted octanol–water partition coefficient (Wildman–Crippen LogP) is 5.45. The Morgan fingerprint density at radius 1 is 0.625 bits per heavy atom. The van der Waals surface area contributed by atoms with Crippen molar-refractivity contribution in [1.29, 1.82) is 0 Å². The number of hydrogen-bond acceptors (Lipinski definition) is 7. The molecule has 2 fully saturated rings. The molecule has 6 rings (SSSR count). The second kappa shape index (κ2) is 15.1. The first-order valence-corrected chi connectivity index (χ1v) is 18.6. The Labute approximate surface area is 308 Å². The van der Waals surface area contributed by atoms with Crippen molar-refractivity contribution in [3.63, 3.8) is 0 Å². The molecule has 4 heterocycles. The first-order chi connectivity index (χ1) is 23.0. The lowest BCUT2D eigenvalue weighted by Crippen LogP contribution is -2.61. The van der Waals surface area contributed by atoms with Gasteiger partial charge in [0, 0.05) is 75.1 Å². The first-order valence-electron chi connectivity index (χ1n) is 16.4. The molecule has 2 unspecified atom stereocenters. The predicted molar refractivity (Wildman–Crippen MR) is 202 cm³/mol. The fraction of sp³-hybridized carbons (Fsp3) is 0.457. The highest BCUT2D eigenvalue weighted by molar-refractivity contribution is 14.1. The monoisotopic (exact) mass is 882 g/mol. The summed E-state index contributed by atoms with van der Waals surface area (Å²) in [5.74, 6) is -0.320. The topological polar surface area (TPSA) is 65.7 Å². The van der Waals surface area contributed by atoms with Crippen molar-refractivity contribution in [3.8, 4) is 0 Å². The molecule has 2 aliphatic rings. The molecule has 2 aliphatic heterocycles. The molecule has 2 atom stereocenters. The maximum atomic E-state index is 15.2. The van der Waals surface area contributed by atoms with E-state index in [2.05, 4.69) is 78.6 Å². The van der Waals surface area contributed by atoms with E-state index in [9.17, 15) is 8.78 Å². The lowest BCUT2D eigenvalue weighted by molar-refractivity contribution is -0.131. The Morgan fingerprint density at radius 2 is 0.958 bits per heavy atom. The van der Waals surface area contributed by atoms with Crippen LogP contribution in [-0.4, -0.2) is 99.6 Å². The van der Waals surface area contributed by atoms with Crippen molar-refractivity contribution < 1.29 is 13.6 Å². The Kier molecular flexibility index (Phi) is 11.1. The van der Waals surface area contributed by atoms with Gasteiger partial charge in [0.25, 0.3) is 0 Å². The van der Waals surface area contributed by atoms with Crippen LogP contribution in [0.15, 0.2) is 48.5 Å². The molecule has 0 bridgehead atoms. The molecule has 48 heavy (non-hydrogen) atoms. The summed E-state index contributed by atoms with van der Waals surface area (Å²) in [6, 6.07) is 12.5. The number of piperazine rings is 2. The number of anilines is 2. The highest BCUT2D eigenvalue weighted by atomic mass is 127. The fourth-order valence-corrected chi connectivity index (χ4v) is 7.69. The van der Waals surface area contributed by atoms with Crippen molar-refractivity contribution in [1.82, 2.24) is 29.4 Å². The van der Waals surface area contributed by atoms with Gasteiger partial charge in [-0.3, -0.25) is 24.0 Å². The smallest absolute Gasteiger partial charge is 0.170 e. The van der Waals surface area contributed by atoms with E-state index < -0.39 is 12.1 Å². The largest absolute Gasteiger partial charge is 0.369 e. The number of Topliss-reactive ketones (excluding diaryl/α,β-unsaturated/α-hetero) is 1. The summed E-state index contributed by atoms with van der Waals surface area (Å²) in [6.45, 7) is 14.8. The average Bonchev–Trinajstić information content (AvgIpc) is 3.49. The molecule has 0 aliphatic carbocycles. The summed E-state index contributed by atoms with van der Waals surface area (Å²) < 4.78 is 33.5. The van der Waals surface area contributed by atoms with Crippen LogP contribution in [-0.2, 0) is 17.9 Å². The number of ketones is 1. The number of hydrogen-bond donors (Lipinski definition) is 0. The molecule has 2 aromatic heterocycles. The molecule has 13 heteroatoms. The van der Waals surface area contributed by atoms with Crippen LogP contribution in [0.1, 0.15) is 22.8 Å². The number of halogens is 4. The van der Waals surface area contributed by atoms with Gasteiger partial charge in [0.15, 0.2) is 5.78 Å². The molecule has 9 nitrogen and oxygen atoms in total. The summed E-state index contributed by atoms with van der Waals surface area (Å²) in [5, 5.41) is 9.70. The van der Waals surface area contributed by atoms with Gasteiger partial charge in [0.05, 0.1) is 43.7 Å². The number of aryl methyl sites for hydroxylation is 2. The number of carbonyl (C=O) groups excluding carboxylic acids is 1. The normalized spacial score (nSPS) is 17.6. The third kappa shape index (κ3) is 7.58. The van der Waals surface area contributed by atoms with E-state index in [0.29, 0.717) is 39.3 Å². The molecule has 2 aromatic carbocycles. The quantitative estimate of drug-likeness (QED) is 0.197. The van der Waals surface area contributed by atoms with Crippen molar-refractivity contribution in [2.45, 2.75) is 52.9 Å². The SMILES string of the molecule is Cc1nn(CC(C(=O)C(Cn2nc(C)c(I)c2C)N2CCN(c3ccc(F)cc3)CC2)N2CCN(c3ccc(F)cc3)CC2)c(C)c1I.